The van der Waals surface area contributed by atoms with Crippen molar-refractivity contribution in [3.63, 3.8) is 0 Å². The molecule has 0 saturated heterocycles. The van der Waals surface area contributed by atoms with Crippen LogP contribution in [0.1, 0.15) is 38.2 Å². The lowest BCUT2D eigenvalue weighted by Gasteiger charge is -2.28. The van der Waals surface area contributed by atoms with Crippen molar-refractivity contribution < 1.29 is 53.8 Å². The molecule has 0 bridgehead atoms. The van der Waals surface area contributed by atoms with Crippen LogP contribution >= 0.6 is 0 Å². The lowest BCUT2D eigenvalue weighted by molar-refractivity contribution is -0.143. The number of para-hydroxylation sites is 1. The number of benzene rings is 3. The van der Waals surface area contributed by atoms with Crippen LogP contribution in [0.15, 0.2) is 72.9 Å². The van der Waals surface area contributed by atoms with E-state index < -0.39 is 59.1 Å². The summed E-state index contributed by atoms with van der Waals surface area (Å²) in [7, 11) is 1.24. The van der Waals surface area contributed by atoms with Gasteiger partial charge in [-0.3, -0.25) is 9.59 Å². The van der Waals surface area contributed by atoms with Crippen LogP contribution in [-0.4, -0.2) is 59.9 Å². The summed E-state index contributed by atoms with van der Waals surface area (Å²) in [6.45, 7) is -1.54. The second-order valence-electron chi connectivity index (χ2n) is 10.6. The number of rotatable bonds is 11. The fraction of sp³-hybridized carbons (Fsp3) is 0.312. The minimum Gasteiger partial charge on any atom is -0.383 e. The highest BCUT2D eigenvalue weighted by atomic mass is 19.4. The van der Waals surface area contributed by atoms with Crippen LogP contribution in [0.4, 0.5) is 39.5 Å². The van der Waals surface area contributed by atoms with Crippen LogP contribution in [0.2, 0.25) is 0 Å². The molecule has 47 heavy (non-hydrogen) atoms. The van der Waals surface area contributed by atoms with Crippen LogP contribution < -0.4 is 0 Å². The molecule has 1 aromatic heterocycles. The van der Waals surface area contributed by atoms with Crippen LogP contribution in [-0.2, 0) is 41.0 Å². The maximum Gasteiger partial charge on any atom is 0.416 e. The molecule has 0 atom stereocenters. The predicted octanol–water partition coefficient (Wildman–Crippen LogP) is 7.58. The first-order chi connectivity index (χ1) is 22.0. The number of alkyl halides is 9. The van der Waals surface area contributed by atoms with Crippen molar-refractivity contribution in [3.05, 3.63) is 106 Å². The minimum atomic E-state index is -5.20. The van der Waals surface area contributed by atoms with E-state index in [1.54, 1.807) is 6.20 Å². The Morgan fingerprint density at radius 3 is 1.91 bits per heavy atom. The van der Waals surface area contributed by atoms with Gasteiger partial charge < -0.3 is 19.5 Å². The minimum absolute atomic E-state index is 0.00971. The molecule has 0 aliphatic rings. The van der Waals surface area contributed by atoms with Crippen molar-refractivity contribution in [2.75, 3.05) is 33.4 Å². The summed E-state index contributed by atoms with van der Waals surface area (Å²) in [4.78, 5) is 32.2. The fourth-order valence-corrected chi connectivity index (χ4v) is 4.88. The van der Waals surface area contributed by atoms with Gasteiger partial charge in [0, 0.05) is 49.4 Å². The zero-order valence-electron chi connectivity index (χ0n) is 24.7. The first-order valence-corrected chi connectivity index (χ1v) is 14.0. The van der Waals surface area contributed by atoms with E-state index in [-0.39, 0.29) is 50.9 Å². The van der Waals surface area contributed by atoms with Gasteiger partial charge in [-0.2, -0.15) is 39.5 Å². The maximum atomic E-state index is 13.7. The van der Waals surface area contributed by atoms with E-state index >= 15 is 0 Å². The van der Waals surface area contributed by atoms with E-state index in [0.29, 0.717) is 5.56 Å². The van der Waals surface area contributed by atoms with E-state index in [4.69, 9.17) is 4.74 Å². The third-order valence-electron chi connectivity index (χ3n) is 7.35. The molecule has 1 heterocycles. The number of hydrogen-bond acceptors (Lipinski definition) is 3. The largest absolute Gasteiger partial charge is 0.416 e. The molecule has 0 radical (unpaired) electrons. The van der Waals surface area contributed by atoms with E-state index in [1.807, 2.05) is 24.3 Å². The SMILES string of the molecule is COCCN(CC(=O)N(CCc1c[nH]c2ccccc12)Cc1ccc(C(F)(F)F)cc1)C(=O)c1cc(C(F)(F)F)cc(C(F)(F)F)c1. The summed E-state index contributed by atoms with van der Waals surface area (Å²) in [6, 6.07) is 11.8. The number of H-pyrrole nitrogens is 1. The molecule has 6 nitrogen and oxygen atoms in total. The Morgan fingerprint density at radius 1 is 0.745 bits per heavy atom. The summed E-state index contributed by atoms with van der Waals surface area (Å²) in [5.41, 5.74) is -3.31. The number of nitrogens with zero attached hydrogens (tertiary/aromatic N) is 2. The number of carbonyl (C=O) groups is 2. The zero-order valence-corrected chi connectivity index (χ0v) is 24.7. The van der Waals surface area contributed by atoms with Gasteiger partial charge in [0.2, 0.25) is 5.91 Å². The summed E-state index contributed by atoms with van der Waals surface area (Å²) < 4.78 is 125. The molecule has 0 saturated carbocycles. The summed E-state index contributed by atoms with van der Waals surface area (Å²) in [5.74, 6) is -2.03. The number of aromatic nitrogens is 1. The standard InChI is InChI=1S/C32H28F9N3O3/c1-47-13-12-44(29(46)22-14-24(31(36,37)38)16-25(15-22)32(39,40)41)19-28(45)43(18-20-6-8-23(9-7-20)30(33,34)35)11-10-21-17-42-27-5-3-2-4-26(21)27/h2-9,14-17,42H,10-13,18-19H2,1H3. The van der Waals surface area contributed by atoms with Gasteiger partial charge in [0.25, 0.3) is 5.91 Å². The Balaban J connectivity index is 1.64. The first-order valence-electron chi connectivity index (χ1n) is 14.0. The molecule has 1 N–H and O–H groups in total. The molecule has 3 aromatic carbocycles. The highest BCUT2D eigenvalue weighted by Gasteiger charge is 2.38. The molecular weight excluding hydrogens is 645 g/mol. The normalized spacial score (nSPS) is 12.4. The number of halogens is 9. The van der Waals surface area contributed by atoms with E-state index in [0.717, 1.165) is 33.5 Å². The maximum absolute atomic E-state index is 13.7. The Hall–Kier alpha value is -4.53. The molecule has 4 aromatic rings. The van der Waals surface area contributed by atoms with Gasteiger partial charge in [-0.05, 0) is 53.9 Å². The topological polar surface area (TPSA) is 65.6 Å². The lowest BCUT2D eigenvalue weighted by atomic mass is 10.0. The first kappa shape index (κ1) is 35.3. The van der Waals surface area contributed by atoms with E-state index in [9.17, 15) is 49.1 Å². The van der Waals surface area contributed by atoms with Crippen molar-refractivity contribution >= 4 is 22.7 Å². The lowest BCUT2D eigenvalue weighted by Crippen LogP contribution is -2.44. The number of aromatic amines is 1. The number of amides is 2. The quantitative estimate of drug-likeness (QED) is 0.167. The smallest absolute Gasteiger partial charge is 0.383 e. The van der Waals surface area contributed by atoms with Crippen molar-refractivity contribution in [3.8, 4) is 0 Å². The van der Waals surface area contributed by atoms with E-state index in [2.05, 4.69) is 4.98 Å². The van der Waals surface area contributed by atoms with Crippen LogP contribution in [0.3, 0.4) is 0 Å². The molecule has 252 valence electrons. The number of carbonyl (C=O) groups excluding carboxylic acids is 2. The van der Waals surface area contributed by atoms with Crippen molar-refractivity contribution in [1.29, 1.82) is 0 Å². The van der Waals surface area contributed by atoms with Gasteiger partial charge in [-0.1, -0.05) is 30.3 Å². The average molecular weight is 674 g/mol. The van der Waals surface area contributed by atoms with Crippen molar-refractivity contribution in [1.82, 2.24) is 14.8 Å². The third kappa shape index (κ3) is 9.05. The number of ether oxygens (including phenoxy) is 1. The van der Waals surface area contributed by atoms with Gasteiger partial charge >= 0.3 is 18.5 Å². The number of nitrogens with one attached hydrogen (secondary N) is 1. The molecule has 2 amide bonds. The van der Waals surface area contributed by atoms with Crippen LogP contribution in [0.5, 0.6) is 0 Å². The highest BCUT2D eigenvalue weighted by molar-refractivity contribution is 5.97. The second kappa shape index (κ2) is 14.1. The van der Waals surface area contributed by atoms with Gasteiger partial charge in [0.05, 0.1) is 23.3 Å². The number of fused-ring (bicyclic) bond motifs is 1. The Bertz CT molecular complexity index is 1660. The summed E-state index contributed by atoms with van der Waals surface area (Å²) in [5, 5.41) is 0.858. The Morgan fingerprint density at radius 2 is 1.34 bits per heavy atom. The van der Waals surface area contributed by atoms with Crippen molar-refractivity contribution in [2.45, 2.75) is 31.5 Å². The van der Waals surface area contributed by atoms with E-state index in [1.165, 1.54) is 24.1 Å². The zero-order chi connectivity index (χ0) is 34.6. The predicted molar refractivity (Wildman–Crippen MR) is 153 cm³/mol. The van der Waals surface area contributed by atoms with Gasteiger partial charge in [-0.25, -0.2) is 0 Å². The fourth-order valence-electron chi connectivity index (χ4n) is 4.88. The van der Waals surface area contributed by atoms with Gasteiger partial charge in [-0.15, -0.1) is 0 Å². The Kier molecular flexibility index (Phi) is 10.6. The number of hydrogen-bond donors (Lipinski definition) is 1. The summed E-state index contributed by atoms with van der Waals surface area (Å²) in [6.07, 6.45) is -13.0. The molecular formula is C32H28F9N3O3. The molecule has 0 spiro atoms. The molecule has 0 aliphatic heterocycles. The monoisotopic (exact) mass is 673 g/mol. The van der Waals surface area contributed by atoms with Crippen LogP contribution in [0.25, 0.3) is 10.9 Å². The molecule has 15 heteroatoms. The van der Waals surface area contributed by atoms with Gasteiger partial charge in [0.15, 0.2) is 0 Å². The van der Waals surface area contributed by atoms with Gasteiger partial charge in [0.1, 0.15) is 6.54 Å². The highest BCUT2D eigenvalue weighted by Crippen LogP contribution is 2.36. The molecule has 0 unspecified atom stereocenters. The summed E-state index contributed by atoms with van der Waals surface area (Å²) >= 11 is 0. The van der Waals surface area contributed by atoms with Crippen LogP contribution in [0, 0.1) is 0 Å². The second-order valence-corrected chi connectivity index (χ2v) is 10.6. The number of methoxy groups -OCH3 is 1. The molecule has 0 aliphatic carbocycles. The third-order valence-corrected chi connectivity index (χ3v) is 7.35. The molecule has 4 rings (SSSR count). The Labute approximate surface area is 262 Å². The van der Waals surface area contributed by atoms with Crippen molar-refractivity contribution in [2.24, 2.45) is 0 Å². The molecule has 0 fully saturated rings. The average Bonchev–Trinajstić information content (AvgIpc) is 3.42.